The van der Waals surface area contributed by atoms with Gasteiger partial charge < -0.3 is 0 Å². The van der Waals surface area contributed by atoms with Crippen molar-refractivity contribution < 1.29 is 0 Å². The summed E-state index contributed by atoms with van der Waals surface area (Å²) < 4.78 is 0. The fourth-order valence-electron chi connectivity index (χ4n) is 2.07. The SMILES string of the molecule is CC(C#N)(Cc1ccc(Cl)c(Cl)c1)c1ccccc1. The summed E-state index contributed by atoms with van der Waals surface area (Å²) in [5.41, 5.74) is 1.43. The molecule has 0 amide bonds. The summed E-state index contributed by atoms with van der Waals surface area (Å²) in [6.07, 6.45) is 0.602. The van der Waals surface area contributed by atoms with Gasteiger partial charge in [-0.2, -0.15) is 5.26 Å². The Bertz CT molecular complexity index is 616. The lowest BCUT2D eigenvalue weighted by Crippen LogP contribution is -2.22. The Labute approximate surface area is 123 Å². The monoisotopic (exact) mass is 289 g/mol. The van der Waals surface area contributed by atoms with Gasteiger partial charge in [0.2, 0.25) is 0 Å². The number of nitrogens with zero attached hydrogens (tertiary/aromatic N) is 1. The molecule has 0 N–H and O–H groups in total. The van der Waals surface area contributed by atoms with Gasteiger partial charge in [-0.1, -0.05) is 59.6 Å². The first kappa shape index (κ1) is 13.9. The predicted octanol–water partition coefficient (Wildman–Crippen LogP) is 5.02. The highest BCUT2D eigenvalue weighted by atomic mass is 35.5. The third kappa shape index (κ3) is 3.10. The van der Waals surface area contributed by atoms with E-state index in [4.69, 9.17) is 23.2 Å². The first-order valence-electron chi connectivity index (χ1n) is 5.96. The Morgan fingerprint density at radius 1 is 1.05 bits per heavy atom. The van der Waals surface area contributed by atoms with E-state index in [-0.39, 0.29) is 0 Å². The van der Waals surface area contributed by atoms with Crippen molar-refractivity contribution >= 4 is 23.2 Å². The molecule has 19 heavy (non-hydrogen) atoms. The van der Waals surface area contributed by atoms with Crippen LogP contribution in [0.4, 0.5) is 0 Å². The molecule has 1 unspecified atom stereocenters. The van der Waals surface area contributed by atoms with Crippen LogP contribution in [0.25, 0.3) is 0 Å². The minimum Gasteiger partial charge on any atom is -0.197 e. The molecule has 1 nitrogen and oxygen atoms in total. The van der Waals surface area contributed by atoms with Gasteiger partial charge in [-0.25, -0.2) is 0 Å². The van der Waals surface area contributed by atoms with E-state index >= 15 is 0 Å². The molecule has 0 bridgehead atoms. The van der Waals surface area contributed by atoms with Gasteiger partial charge in [0, 0.05) is 0 Å². The Kier molecular flexibility index (Phi) is 4.14. The van der Waals surface area contributed by atoms with Gasteiger partial charge in [0.05, 0.1) is 21.5 Å². The molecule has 0 aliphatic heterocycles. The molecular formula is C16H13Cl2N. The van der Waals surface area contributed by atoms with Crippen LogP contribution >= 0.6 is 23.2 Å². The molecule has 96 valence electrons. The molecule has 2 aromatic rings. The van der Waals surface area contributed by atoms with E-state index in [0.29, 0.717) is 16.5 Å². The fraction of sp³-hybridized carbons (Fsp3) is 0.188. The van der Waals surface area contributed by atoms with Gasteiger partial charge >= 0.3 is 0 Å². The van der Waals surface area contributed by atoms with Crippen molar-refractivity contribution in [1.82, 2.24) is 0 Å². The van der Waals surface area contributed by atoms with Gasteiger partial charge in [-0.3, -0.25) is 0 Å². The van der Waals surface area contributed by atoms with Crippen LogP contribution in [0.3, 0.4) is 0 Å². The molecule has 0 aliphatic carbocycles. The molecule has 1 atom stereocenters. The summed E-state index contributed by atoms with van der Waals surface area (Å²) in [7, 11) is 0. The molecule has 0 aliphatic rings. The number of rotatable bonds is 3. The maximum Gasteiger partial charge on any atom is 0.0834 e. The maximum absolute atomic E-state index is 9.51. The zero-order chi connectivity index (χ0) is 13.9. The predicted molar refractivity (Wildman–Crippen MR) is 79.6 cm³/mol. The lowest BCUT2D eigenvalue weighted by atomic mass is 9.79. The second-order valence-electron chi connectivity index (χ2n) is 4.74. The molecule has 0 fully saturated rings. The third-order valence-electron chi connectivity index (χ3n) is 3.20. The number of hydrogen-bond acceptors (Lipinski definition) is 1. The highest BCUT2D eigenvalue weighted by Gasteiger charge is 2.26. The molecule has 0 saturated heterocycles. The quantitative estimate of drug-likeness (QED) is 0.778. The highest BCUT2D eigenvalue weighted by molar-refractivity contribution is 6.42. The van der Waals surface area contributed by atoms with Crippen molar-refractivity contribution in [3.63, 3.8) is 0 Å². The summed E-state index contributed by atoms with van der Waals surface area (Å²) in [6.45, 7) is 1.94. The van der Waals surface area contributed by atoms with Crippen molar-refractivity contribution in [2.24, 2.45) is 0 Å². The normalized spacial score (nSPS) is 13.6. The van der Waals surface area contributed by atoms with Crippen molar-refractivity contribution in [3.05, 3.63) is 69.7 Å². The average Bonchev–Trinajstić information content (AvgIpc) is 2.44. The number of nitriles is 1. The van der Waals surface area contributed by atoms with E-state index in [1.807, 2.05) is 49.4 Å². The lowest BCUT2D eigenvalue weighted by molar-refractivity contribution is 0.606. The second-order valence-corrected chi connectivity index (χ2v) is 5.55. The van der Waals surface area contributed by atoms with Gasteiger partial charge in [0.1, 0.15) is 0 Å². The second kappa shape index (κ2) is 5.65. The topological polar surface area (TPSA) is 23.8 Å². The van der Waals surface area contributed by atoms with Crippen LogP contribution in [0.15, 0.2) is 48.5 Å². The Morgan fingerprint density at radius 2 is 1.74 bits per heavy atom. The summed E-state index contributed by atoms with van der Waals surface area (Å²) in [4.78, 5) is 0. The van der Waals surface area contributed by atoms with Gasteiger partial charge in [0.25, 0.3) is 0 Å². The van der Waals surface area contributed by atoms with E-state index in [1.54, 1.807) is 6.07 Å². The van der Waals surface area contributed by atoms with Crippen molar-refractivity contribution in [3.8, 4) is 6.07 Å². The Hall–Kier alpha value is -1.49. The molecule has 0 aromatic heterocycles. The van der Waals surface area contributed by atoms with Crippen molar-refractivity contribution in [2.75, 3.05) is 0 Å². The van der Waals surface area contributed by atoms with Crippen LogP contribution in [-0.2, 0) is 11.8 Å². The summed E-state index contributed by atoms with van der Waals surface area (Å²) in [5, 5.41) is 10.6. The molecule has 0 heterocycles. The summed E-state index contributed by atoms with van der Waals surface area (Å²) in [5.74, 6) is 0. The first-order valence-corrected chi connectivity index (χ1v) is 6.71. The summed E-state index contributed by atoms with van der Waals surface area (Å²) in [6, 6.07) is 17.7. The zero-order valence-electron chi connectivity index (χ0n) is 10.5. The molecule has 0 spiro atoms. The maximum atomic E-state index is 9.51. The molecule has 0 radical (unpaired) electrons. The van der Waals surface area contributed by atoms with E-state index in [0.717, 1.165) is 11.1 Å². The van der Waals surface area contributed by atoms with Crippen LogP contribution in [-0.4, -0.2) is 0 Å². The molecule has 2 rings (SSSR count). The zero-order valence-corrected chi connectivity index (χ0v) is 12.0. The molecule has 0 saturated carbocycles. The van der Waals surface area contributed by atoms with Crippen LogP contribution in [0.2, 0.25) is 10.0 Å². The largest absolute Gasteiger partial charge is 0.197 e. The van der Waals surface area contributed by atoms with Gasteiger partial charge in [0.15, 0.2) is 0 Å². The minimum atomic E-state index is -0.571. The standard InChI is InChI=1S/C16H13Cl2N/c1-16(11-19,13-5-3-2-4-6-13)10-12-7-8-14(17)15(18)9-12/h2-9H,10H2,1H3. The van der Waals surface area contributed by atoms with Crippen molar-refractivity contribution in [1.29, 1.82) is 5.26 Å². The number of halogens is 2. The van der Waals surface area contributed by atoms with E-state index in [1.165, 1.54) is 0 Å². The minimum absolute atomic E-state index is 0.521. The fourth-order valence-corrected chi connectivity index (χ4v) is 2.39. The van der Waals surface area contributed by atoms with Crippen LogP contribution in [0, 0.1) is 11.3 Å². The molecule has 2 aromatic carbocycles. The Morgan fingerprint density at radius 3 is 2.32 bits per heavy atom. The highest BCUT2D eigenvalue weighted by Crippen LogP contribution is 2.30. The molecule has 3 heteroatoms. The van der Waals surface area contributed by atoms with E-state index in [9.17, 15) is 5.26 Å². The van der Waals surface area contributed by atoms with Crippen LogP contribution in [0.1, 0.15) is 18.1 Å². The number of hydrogen-bond donors (Lipinski definition) is 0. The van der Waals surface area contributed by atoms with E-state index in [2.05, 4.69) is 6.07 Å². The van der Waals surface area contributed by atoms with E-state index < -0.39 is 5.41 Å². The Balaban J connectivity index is 2.34. The van der Waals surface area contributed by atoms with Gasteiger partial charge in [-0.05, 0) is 36.6 Å². The lowest BCUT2D eigenvalue weighted by Gasteiger charge is -2.22. The van der Waals surface area contributed by atoms with Crippen LogP contribution < -0.4 is 0 Å². The first-order chi connectivity index (χ1) is 9.05. The van der Waals surface area contributed by atoms with Crippen LogP contribution in [0.5, 0.6) is 0 Å². The smallest absolute Gasteiger partial charge is 0.0834 e. The molecular weight excluding hydrogens is 277 g/mol. The van der Waals surface area contributed by atoms with Crippen molar-refractivity contribution in [2.45, 2.75) is 18.8 Å². The van der Waals surface area contributed by atoms with Gasteiger partial charge in [-0.15, -0.1) is 0 Å². The number of benzene rings is 2. The summed E-state index contributed by atoms with van der Waals surface area (Å²) >= 11 is 11.9. The third-order valence-corrected chi connectivity index (χ3v) is 3.94. The average molecular weight is 290 g/mol.